The number of fused-ring (bicyclic) bond motifs is 3. The molecule has 1 heterocycles. The van der Waals surface area contributed by atoms with Crippen molar-refractivity contribution in [3.63, 3.8) is 0 Å². The maximum absolute atomic E-state index is 6.60. The molecule has 0 fully saturated rings. The van der Waals surface area contributed by atoms with Crippen molar-refractivity contribution in [1.29, 1.82) is 0 Å². The van der Waals surface area contributed by atoms with Crippen LogP contribution >= 0.6 is 0 Å². The summed E-state index contributed by atoms with van der Waals surface area (Å²) in [5.41, 5.74) is 12.7. The van der Waals surface area contributed by atoms with Crippen molar-refractivity contribution in [3.05, 3.63) is 145 Å². The van der Waals surface area contributed by atoms with Crippen molar-refractivity contribution in [2.45, 2.75) is 13.3 Å². The lowest BCUT2D eigenvalue weighted by Crippen LogP contribution is -1.86. The fourth-order valence-electron chi connectivity index (χ4n) is 5.54. The van der Waals surface area contributed by atoms with E-state index in [0.29, 0.717) is 0 Å². The Bertz CT molecular complexity index is 1930. The molecular formula is C38H28O. The van der Waals surface area contributed by atoms with E-state index in [2.05, 4.69) is 146 Å². The Hall–Kier alpha value is -4.88. The van der Waals surface area contributed by atoms with Crippen LogP contribution in [0.3, 0.4) is 0 Å². The van der Waals surface area contributed by atoms with Gasteiger partial charge in [0.1, 0.15) is 11.2 Å². The third-order valence-corrected chi connectivity index (χ3v) is 7.63. The molecule has 0 saturated heterocycles. The van der Waals surface area contributed by atoms with Gasteiger partial charge in [-0.15, -0.1) is 0 Å². The normalized spacial score (nSPS) is 11.3. The highest BCUT2D eigenvalue weighted by Crippen LogP contribution is 2.41. The second-order valence-electron chi connectivity index (χ2n) is 10.1. The van der Waals surface area contributed by atoms with Gasteiger partial charge in [0.15, 0.2) is 0 Å². The standard InChI is InChI=1S/C38H28O/c1-2-26-11-9-16-29(21-26)30-17-10-18-32(22-30)34-24-33(28-14-7-4-8-15-28)25-36-35-23-31(27-12-5-3-6-13-27)19-20-37(35)39-38(34)36/h3-25H,2H2,1H3. The lowest BCUT2D eigenvalue weighted by molar-refractivity contribution is 0.670. The van der Waals surface area contributed by atoms with E-state index < -0.39 is 0 Å². The average molecular weight is 501 g/mol. The summed E-state index contributed by atoms with van der Waals surface area (Å²) < 4.78 is 6.60. The first-order valence-corrected chi connectivity index (χ1v) is 13.6. The topological polar surface area (TPSA) is 13.1 Å². The predicted octanol–water partition coefficient (Wildman–Crippen LogP) is 10.8. The van der Waals surface area contributed by atoms with Crippen LogP contribution in [0.5, 0.6) is 0 Å². The van der Waals surface area contributed by atoms with Crippen LogP contribution < -0.4 is 0 Å². The van der Waals surface area contributed by atoms with Gasteiger partial charge in [-0.2, -0.15) is 0 Å². The fraction of sp³-hybridized carbons (Fsp3) is 0.0526. The van der Waals surface area contributed by atoms with E-state index in [0.717, 1.165) is 39.5 Å². The summed E-state index contributed by atoms with van der Waals surface area (Å²) in [6.07, 6.45) is 1.03. The number of hydrogen-bond donors (Lipinski definition) is 0. The fourth-order valence-corrected chi connectivity index (χ4v) is 5.54. The van der Waals surface area contributed by atoms with Crippen molar-refractivity contribution in [1.82, 2.24) is 0 Å². The Morgan fingerprint density at radius 3 is 1.77 bits per heavy atom. The molecule has 0 bridgehead atoms. The molecule has 186 valence electrons. The Labute approximate surface area is 229 Å². The van der Waals surface area contributed by atoms with Crippen molar-refractivity contribution in [2.75, 3.05) is 0 Å². The average Bonchev–Trinajstić information content (AvgIpc) is 3.39. The van der Waals surface area contributed by atoms with Gasteiger partial charge in [0.25, 0.3) is 0 Å². The van der Waals surface area contributed by atoms with E-state index >= 15 is 0 Å². The number of aryl methyl sites for hydroxylation is 1. The number of hydrogen-bond acceptors (Lipinski definition) is 1. The highest BCUT2D eigenvalue weighted by molar-refractivity contribution is 6.12. The van der Waals surface area contributed by atoms with Crippen molar-refractivity contribution in [2.24, 2.45) is 0 Å². The van der Waals surface area contributed by atoms with Gasteiger partial charge in [-0.1, -0.05) is 116 Å². The molecule has 7 aromatic rings. The zero-order valence-corrected chi connectivity index (χ0v) is 21.9. The molecule has 0 spiro atoms. The molecule has 1 nitrogen and oxygen atoms in total. The summed E-state index contributed by atoms with van der Waals surface area (Å²) in [4.78, 5) is 0. The van der Waals surface area contributed by atoms with Crippen LogP contribution in [0.4, 0.5) is 0 Å². The molecule has 1 aromatic heterocycles. The molecule has 0 radical (unpaired) electrons. The maximum Gasteiger partial charge on any atom is 0.143 e. The lowest BCUT2D eigenvalue weighted by Gasteiger charge is -2.10. The molecule has 0 atom stereocenters. The van der Waals surface area contributed by atoms with E-state index in [1.165, 1.54) is 38.9 Å². The molecule has 0 aliphatic heterocycles. The lowest BCUT2D eigenvalue weighted by atomic mass is 9.93. The summed E-state index contributed by atoms with van der Waals surface area (Å²) in [6, 6.07) is 49.9. The Kier molecular flexibility index (Phi) is 5.83. The van der Waals surface area contributed by atoms with E-state index in [1.807, 2.05) is 0 Å². The third kappa shape index (κ3) is 4.32. The van der Waals surface area contributed by atoms with E-state index in [-0.39, 0.29) is 0 Å². The summed E-state index contributed by atoms with van der Waals surface area (Å²) in [6.45, 7) is 2.20. The SMILES string of the molecule is CCc1cccc(-c2cccc(-c3cc(-c4ccccc4)cc4c3oc3ccc(-c5ccccc5)cc34)c2)c1. The van der Waals surface area contributed by atoms with Gasteiger partial charge in [0.2, 0.25) is 0 Å². The van der Waals surface area contributed by atoms with Crippen LogP contribution in [-0.2, 0) is 6.42 Å². The van der Waals surface area contributed by atoms with Gasteiger partial charge < -0.3 is 4.42 Å². The smallest absolute Gasteiger partial charge is 0.143 e. The quantitative estimate of drug-likeness (QED) is 0.229. The number of rotatable bonds is 5. The highest BCUT2D eigenvalue weighted by Gasteiger charge is 2.16. The van der Waals surface area contributed by atoms with Gasteiger partial charge in [0, 0.05) is 16.3 Å². The zero-order chi connectivity index (χ0) is 26.2. The van der Waals surface area contributed by atoms with Crippen molar-refractivity contribution in [3.8, 4) is 44.5 Å². The van der Waals surface area contributed by atoms with Gasteiger partial charge >= 0.3 is 0 Å². The Morgan fingerprint density at radius 2 is 1.03 bits per heavy atom. The first kappa shape index (κ1) is 23.3. The minimum absolute atomic E-state index is 0.906. The van der Waals surface area contributed by atoms with Crippen molar-refractivity contribution >= 4 is 21.9 Å². The predicted molar refractivity (Wildman–Crippen MR) is 165 cm³/mol. The monoisotopic (exact) mass is 500 g/mol. The summed E-state index contributed by atoms with van der Waals surface area (Å²) in [5.74, 6) is 0. The summed E-state index contributed by atoms with van der Waals surface area (Å²) >= 11 is 0. The number of furan rings is 1. The Balaban J connectivity index is 1.47. The molecule has 0 amide bonds. The van der Waals surface area contributed by atoms with Crippen LogP contribution in [0.15, 0.2) is 144 Å². The number of benzene rings is 6. The molecule has 6 aromatic carbocycles. The van der Waals surface area contributed by atoms with Gasteiger partial charge in [-0.05, 0) is 81.3 Å². The molecule has 0 N–H and O–H groups in total. The van der Waals surface area contributed by atoms with E-state index in [9.17, 15) is 0 Å². The van der Waals surface area contributed by atoms with Gasteiger partial charge in [-0.25, -0.2) is 0 Å². The third-order valence-electron chi connectivity index (χ3n) is 7.63. The second kappa shape index (κ2) is 9.78. The van der Waals surface area contributed by atoms with Crippen LogP contribution in [0, 0.1) is 0 Å². The molecule has 7 rings (SSSR count). The molecule has 1 heteroatoms. The van der Waals surface area contributed by atoms with Gasteiger partial charge in [0.05, 0.1) is 0 Å². The molecule has 0 saturated carbocycles. The first-order chi connectivity index (χ1) is 19.3. The van der Waals surface area contributed by atoms with E-state index in [1.54, 1.807) is 0 Å². The second-order valence-corrected chi connectivity index (χ2v) is 10.1. The van der Waals surface area contributed by atoms with Crippen LogP contribution in [0.2, 0.25) is 0 Å². The molecule has 0 unspecified atom stereocenters. The van der Waals surface area contributed by atoms with Crippen LogP contribution in [0.25, 0.3) is 66.4 Å². The molecular weight excluding hydrogens is 472 g/mol. The van der Waals surface area contributed by atoms with Crippen LogP contribution in [-0.4, -0.2) is 0 Å². The minimum atomic E-state index is 0.906. The maximum atomic E-state index is 6.60. The molecule has 39 heavy (non-hydrogen) atoms. The highest BCUT2D eigenvalue weighted by atomic mass is 16.3. The summed E-state index contributed by atoms with van der Waals surface area (Å²) in [7, 11) is 0. The summed E-state index contributed by atoms with van der Waals surface area (Å²) in [5, 5.41) is 2.27. The van der Waals surface area contributed by atoms with Gasteiger partial charge in [-0.3, -0.25) is 0 Å². The Morgan fingerprint density at radius 1 is 0.436 bits per heavy atom. The molecule has 0 aliphatic carbocycles. The van der Waals surface area contributed by atoms with Crippen LogP contribution in [0.1, 0.15) is 12.5 Å². The minimum Gasteiger partial charge on any atom is -0.455 e. The molecule has 0 aliphatic rings. The largest absolute Gasteiger partial charge is 0.455 e. The van der Waals surface area contributed by atoms with E-state index in [4.69, 9.17) is 4.42 Å². The zero-order valence-electron chi connectivity index (χ0n) is 21.9. The van der Waals surface area contributed by atoms with Crippen molar-refractivity contribution < 1.29 is 4.42 Å². The first-order valence-electron chi connectivity index (χ1n) is 13.6.